The summed E-state index contributed by atoms with van der Waals surface area (Å²) in [6.45, 7) is 0.864. The van der Waals surface area contributed by atoms with Crippen LogP contribution in [0.25, 0.3) is 22.0 Å². The fourth-order valence-corrected chi connectivity index (χ4v) is 2.94. The molecule has 2 heteroatoms. The fourth-order valence-electron chi connectivity index (χ4n) is 2.94. The third kappa shape index (κ3) is 2.71. The third-order valence-corrected chi connectivity index (χ3v) is 4.17. The van der Waals surface area contributed by atoms with Gasteiger partial charge in [0.2, 0.25) is 0 Å². The van der Waals surface area contributed by atoms with E-state index in [-0.39, 0.29) is 0 Å². The number of hydrogen-bond acceptors (Lipinski definition) is 1. The highest BCUT2D eigenvalue weighted by atomic mass is 16.3. The third-order valence-electron chi connectivity index (χ3n) is 4.17. The molecule has 0 spiro atoms. The van der Waals surface area contributed by atoms with Crippen LogP contribution in [0.4, 0.5) is 0 Å². The number of fused-ring (bicyclic) bond motifs is 1. The van der Waals surface area contributed by atoms with Gasteiger partial charge in [-0.2, -0.15) is 0 Å². The molecule has 0 fully saturated rings. The Morgan fingerprint density at radius 1 is 0.739 bits per heavy atom. The minimum atomic E-state index is 0.294. The zero-order valence-corrected chi connectivity index (χ0v) is 12.7. The first-order chi connectivity index (χ1) is 11.3. The predicted molar refractivity (Wildman–Crippen MR) is 94.6 cm³/mol. The van der Waals surface area contributed by atoms with E-state index in [0.717, 1.165) is 17.7 Å². The van der Waals surface area contributed by atoms with Gasteiger partial charge in [0.05, 0.1) is 0 Å². The standard InChI is InChI=1S/C21H17NO/c23-20-10-8-17(9-11-20)19-7-6-18-12-13-22(21(18)14-19)15-16-4-2-1-3-5-16/h1-14,23H,15H2. The van der Waals surface area contributed by atoms with Gasteiger partial charge in [0.25, 0.3) is 0 Å². The lowest BCUT2D eigenvalue weighted by Crippen LogP contribution is -1.97. The van der Waals surface area contributed by atoms with Crippen molar-refractivity contribution < 1.29 is 5.11 Å². The number of hydrogen-bond donors (Lipinski definition) is 1. The van der Waals surface area contributed by atoms with Gasteiger partial charge in [-0.1, -0.05) is 54.6 Å². The van der Waals surface area contributed by atoms with Crippen molar-refractivity contribution in [3.8, 4) is 16.9 Å². The lowest BCUT2D eigenvalue weighted by Gasteiger charge is -2.08. The Morgan fingerprint density at radius 3 is 2.26 bits per heavy atom. The van der Waals surface area contributed by atoms with E-state index in [1.54, 1.807) is 12.1 Å². The molecule has 112 valence electrons. The Balaban J connectivity index is 1.75. The summed E-state index contributed by atoms with van der Waals surface area (Å²) >= 11 is 0. The van der Waals surface area contributed by atoms with E-state index >= 15 is 0 Å². The molecule has 2 nitrogen and oxygen atoms in total. The Labute approximate surface area is 135 Å². The van der Waals surface area contributed by atoms with Gasteiger partial charge in [-0.25, -0.2) is 0 Å². The summed E-state index contributed by atoms with van der Waals surface area (Å²) in [5, 5.41) is 10.7. The van der Waals surface area contributed by atoms with Gasteiger partial charge < -0.3 is 9.67 Å². The Bertz CT molecular complexity index is 937. The highest BCUT2D eigenvalue weighted by Gasteiger charge is 2.05. The predicted octanol–water partition coefficient (Wildman–Crippen LogP) is 5.06. The fraction of sp³-hybridized carbons (Fsp3) is 0.0476. The average molecular weight is 299 g/mol. The van der Waals surface area contributed by atoms with E-state index in [1.165, 1.54) is 16.5 Å². The van der Waals surface area contributed by atoms with Crippen LogP contribution >= 0.6 is 0 Å². The maximum absolute atomic E-state index is 9.45. The van der Waals surface area contributed by atoms with Gasteiger partial charge >= 0.3 is 0 Å². The molecule has 4 rings (SSSR count). The van der Waals surface area contributed by atoms with Crippen LogP contribution in [0.5, 0.6) is 5.75 Å². The second-order valence-electron chi connectivity index (χ2n) is 5.75. The van der Waals surface area contributed by atoms with Crippen molar-refractivity contribution >= 4 is 10.9 Å². The number of nitrogens with zero attached hydrogens (tertiary/aromatic N) is 1. The van der Waals surface area contributed by atoms with Crippen molar-refractivity contribution in [3.05, 3.63) is 90.6 Å². The summed E-state index contributed by atoms with van der Waals surface area (Å²) in [7, 11) is 0. The first-order valence-electron chi connectivity index (χ1n) is 7.72. The highest BCUT2D eigenvalue weighted by molar-refractivity contribution is 5.85. The number of benzene rings is 3. The van der Waals surface area contributed by atoms with E-state index in [4.69, 9.17) is 0 Å². The maximum atomic E-state index is 9.45. The Morgan fingerprint density at radius 2 is 1.48 bits per heavy atom. The zero-order chi connectivity index (χ0) is 15.6. The summed E-state index contributed by atoms with van der Waals surface area (Å²) in [5.74, 6) is 0.294. The molecule has 0 aliphatic carbocycles. The lowest BCUT2D eigenvalue weighted by atomic mass is 10.0. The lowest BCUT2D eigenvalue weighted by molar-refractivity contribution is 0.475. The van der Waals surface area contributed by atoms with Crippen LogP contribution in [-0.2, 0) is 6.54 Å². The quantitative estimate of drug-likeness (QED) is 0.562. The molecular weight excluding hydrogens is 282 g/mol. The number of aromatic hydroxyl groups is 1. The summed E-state index contributed by atoms with van der Waals surface area (Å²) in [5.41, 5.74) is 4.78. The molecule has 0 radical (unpaired) electrons. The van der Waals surface area contributed by atoms with Gasteiger partial charge in [-0.15, -0.1) is 0 Å². The summed E-state index contributed by atoms with van der Waals surface area (Å²) in [6.07, 6.45) is 2.14. The maximum Gasteiger partial charge on any atom is 0.115 e. The van der Waals surface area contributed by atoms with E-state index < -0.39 is 0 Å². The van der Waals surface area contributed by atoms with Crippen LogP contribution in [-0.4, -0.2) is 9.67 Å². The van der Waals surface area contributed by atoms with Crippen molar-refractivity contribution in [2.24, 2.45) is 0 Å². The van der Waals surface area contributed by atoms with Crippen molar-refractivity contribution in [2.45, 2.75) is 6.54 Å². The average Bonchev–Trinajstić information content (AvgIpc) is 2.99. The van der Waals surface area contributed by atoms with Crippen molar-refractivity contribution in [1.82, 2.24) is 4.57 Å². The topological polar surface area (TPSA) is 25.2 Å². The molecule has 0 atom stereocenters. The minimum Gasteiger partial charge on any atom is -0.508 e. The van der Waals surface area contributed by atoms with Crippen LogP contribution in [0.1, 0.15) is 5.56 Å². The molecule has 0 aliphatic rings. The number of phenols is 1. The van der Waals surface area contributed by atoms with E-state index in [2.05, 4.69) is 59.3 Å². The molecule has 1 aromatic heterocycles. The van der Waals surface area contributed by atoms with Gasteiger partial charge in [0.1, 0.15) is 5.75 Å². The van der Waals surface area contributed by atoms with Crippen LogP contribution in [0.15, 0.2) is 85.1 Å². The summed E-state index contributed by atoms with van der Waals surface area (Å²) < 4.78 is 2.27. The van der Waals surface area contributed by atoms with E-state index in [1.807, 2.05) is 18.2 Å². The van der Waals surface area contributed by atoms with Gasteiger partial charge in [0, 0.05) is 18.3 Å². The van der Waals surface area contributed by atoms with Crippen LogP contribution in [0.2, 0.25) is 0 Å². The first-order valence-corrected chi connectivity index (χ1v) is 7.72. The number of rotatable bonds is 3. The molecule has 0 saturated carbocycles. The summed E-state index contributed by atoms with van der Waals surface area (Å²) in [4.78, 5) is 0. The molecule has 23 heavy (non-hydrogen) atoms. The molecule has 1 N–H and O–H groups in total. The van der Waals surface area contributed by atoms with Crippen LogP contribution in [0, 0.1) is 0 Å². The zero-order valence-electron chi connectivity index (χ0n) is 12.7. The molecule has 0 bridgehead atoms. The molecule has 0 unspecified atom stereocenters. The molecule has 4 aromatic rings. The molecule has 0 amide bonds. The number of phenolic OH excluding ortho intramolecular Hbond substituents is 1. The van der Waals surface area contributed by atoms with Gasteiger partial charge in [0.15, 0.2) is 0 Å². The van der Waals surface area contributed by atoms with Crippen LogP contribution in [0.3, 0.4) is 0 Å². The van der Waals surface area contributed by atoms with E-state index in [0.29, 0.717) is 5.75 Å². The normalized spacial score (nSPS) is 11.0. The van der Waals surface area contributed by atoms with E-state index in [9.17, 15) is 5.11 Å². The number of aromatic nitrogens is 1. The second-order valence-corrected chi connectivity index (χ2v) is 5.75. The highest BCUT2D eigenvalue weighted by Crippen LogP contribution is 2.27. The van der Waals surface area contributed by atoms with Gasteiger partial charge in [-0.05, 0) is 46.3 Å². The second kappa shape index (κ2) is 5.65. The molecular formula is C21H17NO. The van der Waals surface area contributed by atoms with Gasteiger partial charge in [-0.3, -0.25) is 0 Å². The monoisotopic (exact) mass is 299 g/mol. The first kappa shape index (κ1) is 13.6. The SMILES string of the molecule is Oc1ccc(-c2ccc3ccn(Cc4ccccc4)c3c2)cc1. The molecule has 3 aromatic carbocycles. The molecule has 0 saturated heterocycles. The summed E-state index contributed by atoms with van der Waals surface area (Å²) in [6, 6.07) is 26.5. The van der Waals surface area contributed by atoms with Crippen LogP contribution < -0.4 is 0 Å². The Kier molecular flexibility index (Phi) is 3.35. The van der Waals surface area contributed by atoms with Crippen molar-refractivity contribution in [1.29, 1.82) is 0 Å². The largest absolute Gasteiger partial charge is 0.508 e. The van der Waals surface area contributed by atoms with Crippen molar-refractivity contribution in [3.63, 3.8) is 0 Å². The van der Waals surface area contributed by atoms with Crippen molar-refractivity contribution in [2.75, 3.05) is 0 Å². The Hall–Kier alpha value is -3.00. The minimum absolute atomic E-state index is 0.294. The smallest absolute Gasteiger partial charge is 0.115 e. The molecule has 0 aliphatic heterocycles. The molecule has 1 heterocycles.